The van der Waals surface area contributed by atoms with Gasteiger partial charge < -0.3 is 0 Å². The van der Waals surface area contributed by atoms with E-state index < -0.39 is 0 Å². The number of hydrogen-bond donors (Lipinski definition) is 0. The fourth-order valence-electron chi connectivity index (χ4n) is 0.647. The molecule has 0 radical (unpaired) electrons. The maximum atomic E-state index is 8.50. The molecule has 0 aliphatic heterocycles. The van der Waals surface area contributed by atoms with Crippen LogP contribution in [0.4, 0.5) is 0 Å². The van der Waals surface area contributed by atoms with E-state index in [2.05, 4.69) is 9.97 Å². The van der Waals surface area contributed by atoms with E-state index in [1.165, 1.54) is 0 Å². The Labute approximate surface area is 69.7 Å². The average Bonchev–Trinajstić information content (AvgIpc) is 1.97. The quantitative estimate of drug-likeness (QED) is 0.590. The van der Waals surface area contributed by atoms with Crippen molar-refractivity contribution in [2.24, 2.45) is 0 Å². The molecule has 0 spiro atoms. The van der Waals surface area contributed by atoms with Gasteiger partial charge in [0.15, 0.2) is 10.8 Å². The van der Waals surface area contributed by atoms with E-state index in [1.807, 2.05) is 6.07 Å². The molecule has 1 rings (SSSR count). The molecule has 3 nitrogen and oxygen atoms in total. The van der Waals surface area contributed by atoms with Crippen LogP contribution in [0.2, 0.25) is 5.15 Å². The minimum Gasteiger partial charge on any atom is -0.237 e. The summed E-state index contributed by atoms with van der Waals surface area (Å²) in [6, 6.07) is 1.86. The van der Waals surface area contributed by atoms with Crippen LogP contribution in [-0.4, -0.2) is 9.97 Å². The molecular formula is C7H6ClN3. The number of nitrogens with zero attached hydrogens (tertiary/aromatic N) is 3. The molecule has 0 unspecified atom stereocenters. The van der Waals surface area contributed by atoms with E-state index in [9.17, 15) is 0 Å². The van der Waals surface area contributed by atoms with Crippen molar-refractivity contribution in [3.8, 4) is 6.07 Å². The second kappa shape index (κ2) is 2.85. The minimum absolute atomic E-state index is 0.176. The van der Waals surface area contributed by atoms with Crippen LogP contribution in [0, 0.1) is 25.2 Å². The Morgan fingerprint density at radius 1 is 1.27 bits per heavy atom. The molecule has 1 heterocycles. The van der Waals surface area contributed by atoms with Gasteiger partial charge in [-0.25, -0.2) is 9.97 Å². The van der Waals surface area contributed by atoms with Crippen molar-refractivity contribution in [1.82, 2.24) is 9.97 Å². The first-order valence-electron chi connectivity index (χ1n) is 3.06. The maximum Gasteiger partial charge on any atom is 0.178 e. The van der Waals surface area contributed by atoms with Crippen molar-refractivity contribution >= 4 is 11.6 Å². The zero-order valence-corrected chi connectivity index (χ0v) is 6.98. The van der Waals surface area contributed by atoms with Crippen molar-refractivity contribution in [3.63, 3.8) is 0 Å². The summed E-state index contributed by atoms with van der Waals surface area (Å²) in [5, 5.41) is 8.67. The summed E-state index contributed by atoms with van der Waals surface area (Å²) in [5.41, 5.74) is 1.69. The summed E-state index contributed by atoms with van der Waals surface area (Å²) in [6.07, 6.45) is 0. The molecule has 0 aliphatic carbocycles. The van der Waals surface area contributed by atoms with E-state index in [0.29, 0.717) is 0 Å². The highest BCUT2D eigenvalue weighted by atomic mass is 35.5. The number of rotatable bonds is 0. The molecule has 0 atom stereocenters. The molecule has 0 bridgehead atoms. The Bertz CT molecular complexity index is 327. The first-order valence-corrected chi connectivity index (χ1v) is 3.43. The topological polar surface area (TPSA) is 49.6 Å². The first kappa shape index (κ1) is 7.96. The monoisotopic (exact) mass is 167 g/mol. The summed E-state index contributed by atoms with van der Waals surface area (Å²) < 4.78 is 0. The average molecular weight is 168 g/mol. The lowest BCUT2D eigenvalue weighted by Gasteiger charge is -1.98. The number of aromatic nitrogens is 2. The highest BCUT2D eigenvalue weighted by Gasteiger charge is 2.04. The van der Waals surface area contributed by atoms with Crippen molar-refractivity contribution in [3.05, 3.63) is 22.2 Å². The van der Waals surface area contributed by atoms with Gasteiger partial charge in [0.1, 0.15) is 6.07 Å². The first-order chi connectivity index (χ1) is 5.15. The van der Waals surface area contributed by atoms with Crippen molar-refractivity contribution in [2.45, 2.75) is 13.8 Å². The number of hydrogen-bond acceptors (Lipinski definition) is 3. The molecule has 4 heteroatoms. The van der Waals surface area contributed by atoms with Gasteiger partial charge in [0.05, 0.1) is 11.4 Å². The number of nitriles is 1. The van der Waals surface area contributed by atoms with Gasteiger partial charge in [-0.05, 0) is 13.8 Å². The van der Waals surface area contributed by atoms with Crippen LogP contribution in [0.15, 0.2) is 0 Å². The van der Waals surface area contributed by atoms with Crippen LogP contribution in [0.3, 0.4) is 0 Å². The van der Waals surface area contributed by atoms with E-state index in [0.717, 1.165) is 11.4 Å². The Morgan fingerprint density at radius 3 is 2.36 bits per heavy atom. The zero-order valence-electron chi connectivity index (χ0n) is 6.22. The van der Waals surface area contributed by atoms with E-state index in [1.54, 1.807) is 13.8 Å². The van der Waals surface area contributed by atoms with Gasteiger partial charge in [0.25, 0.3) is 0 Å². The molecule has 0 saturated heterocycles. The van der Waals surface area contributed by atoms with Gasteiger partial charge in [0, 0.05) is 0 Å². The van der Waals surface area contributed by atoms with Crippen molar-refractivity contribution in [1.29, 1.82) is 5.26 Å². The van der Waals surface area contributed by atoms with Gasteiger partial charge in [-0.1, -0.05) is 11.6 Å². The SMILES string of the molecule is Cc1nc(Cl)c(C#N)nc1C. The molecule has 1 aromatic rings. The van der Waals surface area contributed by atoms with Crippen molar-refractivity contribution in [2.75, 3.05) is 0 Å². The second-order valence-corrected chi connectivity index (χ2v) is 2.50. The molecule has 0 N–H and O–H groups in total. The predicted octanol–water partition coefficient (Wildman–Crippen LogP) is 1.62. The van der Waals surface area contributed by atoms with Crippen LogP contribution in [0.5, 0.6) is 0 Å². The van der Waals surface area contributed by atoms with Gasteiger partial charge in [-0.3, -0.25) is 0 Å². The van der Waals surface area contributed by atoms with E-state index >= 15 is 0 Å². The van der Waals surface area contributed by atoms with Crippen LogP contribution in [0.25, 0.3) is 0 Å². The molecular weight excluding hydrogens is 162 g/mol. The Balaban J connectivity index is 3.35. The normalized spacial score (nSPS) is 9.27. The molecule has 56 valence electrons. The van der Waals surface area contributed by atoms with Gasteiger partial charge in [-0.2, -0.15) is 5.26 Å². The third kappa shape index (κ3) is 1.47. The van der Waals surface area contributed by atoms with Gasteiger partial charge in [0.2, 0.25) is 0 Å². The number of halogens is 1. The molecule has 0 amide bonds. The molecule has 0 fully saturated rings. The lowest BCUT2D eigenvalue weighted by molar-refractivity contribution is 1.03. The van der Waals surface area contributed by atoms with Gasteiger partial charge in [-0.15, -0.1) is 0 Å². The van der Waals surface area contributed by atoms with Crippen LogP contribution in [0.1, 0.15) is 17.1 Å². The third-order valence-electron chi connectivity index (χ3n) is 1.37. The Kier molecular flexibility index (Phi) is 2.06. The van der Waals surface area contributed by atoms with E-state index in [4.69, 9.17) is 16.9 Å². The van der Waals surface area contributed by atoms with E-state index in [-0.39, 0.29) is 10.8 Å². The summed E-state index contributed by atoms with van der Waals surface area (Å²) in [6.45, 7) is 3.59. The van der Waals surface area contributed by atoms with Crippen LogP contribution in [-0.2, 0) is 0 Å². The molecule has 0 aromatic carbocycles. The third-order valence-corrected chi connectivity index (χ3v) is 1.63. The Morgan fingerprint density at radius 2 is 1.82 bits per heavy atom. The molecule has 11 heavy (non-hydrogen) atoms. The molecule has 0 aliphatic rings. The largest absolute Gasteiger partial charge is 0.237 e. The fraction of sp³-hybridized carbons (Fsp3) is 0.286. The predicted molar refractivity (Wildman–Crippen MR) is 41.2 cm³/mol. The second-order valence-electron chi connectivity index (χ2n) is 2.15. The summed E-state index contributed by atoms with van der Waals surface area (Å²) >= 11 is 5.61. The fourth-order valence-corrected chi connectivity index (χ4v) is 0.858. The van der Waals surface area contributed by atoms with Crippen LogP contribution < -0.4 is 0 Å². The standard InChI is InChI=1S/C7H6ClN3/c1-4-5(2)11-7(8)6(3-9)10-4/h1-2H3. The molecule has 1 aromatic heterocycles. The summed E-state index contributed by atoms with van der Waals surface area (Å²) in [7, 11) is 0. The zero-order chi connectivity index (χ0) is 8.43. The smallest absolute Gasteiger partial charge is 0.178 e. The Hall–Kier alpha value is -1.14. The highest BCUT2D eigenvalue weighted by molar-refractivity contribution is 6.30. The van der Waals surface area contributed by atoms with Crippen molar-refractivity contribution < 1.29 is 0 Å². The maximum absolute atomic E-state index is 8.50. The van der Waals surface area contributed by atoms with Crippen LogP contribution >= 0.6 is 11.6 Å². The lowest BCUT2D eigenvalue weighted by atomic mass is 10.3. The van der Waals surface area contributed by atoms with Gasteiger partial charge >= 0.3 is 0 Å². The summed E-state index contributed by atoms with van der Waals surface area (Å²) in [4.78, 5) is 7.86. The summed E-state index contributed by atoms with van der Waals surface area (Å²) in [5.74, 6) is 0. The molecule has 0 saturated carbocycles. The number of aryl methyl sites for hydroxylation is 2. The lowest BCUT2D eigenvalue weighted by Crippen LogP contribution is -1.95. The minimum atomic E-state index is 0.176. The highest BCUT2D eigenvalue weighted by Crippen LogP contribution is 2.11.